The van der Waals surface area contributed by atoms with Gasteiger partial charge in [-0.1, -0.05) is 16.4 Å². The summed E-state index contributed by atoms with van der Waals surface area (Å²) in [5.74, 6) is -0.468. The number of aromatic nitrogens is 4. The summed E-state index contributed by atoms with van der Waals surface area (Å²) in [5.41, 5.74) is 2.78. The molecule has 11 nitrogen and oxygen atoms in total. The minimum absolute atomic E-state index is 0.160. The van der Waals surface area contributed by atoms with Gasteiger partial charge in [0.2, 0.25) is 0 Å². The molecule has 1 fully saturated rings. The Labute approximate surface area is 219 Å². The van der Waals surface area contributed by atoms with Crippen LogP contribution in [0, 0.1) is 5.82 Å². The number of oxime groups is 1. The van der Waals surface area contributed by atoms with Crippen LogP contribution in [-0.2, 0) is 25.6 Å². The van der Waals surface area contributed by atoms with E-state index in [9.17, 15) is 4.79 Å². The van der Waals surface area contributed by atoms with E-state index in [4.69, 9.17) is 19.0 Å². The number of halogens is 1. The predicted molar refractivity (Wildman–Crippen MR) is 135 cm³/mol. The maximum absolute atomic E-state index is 15.1. The summed E-state index contributed by atoms with van der Waals surface area (Å²) >= 11 is 0. The molecule has 0 bridgehead atoms. The average molecular weight is 525 g/mol. The van der Waals surface area contributed by atoms with Crippen LogP contribution in [0.5, 0.6) is 0 Å². The van der Waals surface area contributed by atoms with Gasteiger partial charge in [0.1, 0.15) is 23.7 Å². The van der Waals surface area contributed by atoms with Gasteiger partial charge in [-0.15, -0.1) is 5.10 Å². The monoisotopic (exact) mass is 524 g/mol. The SMILES string of the molecule is CCOC(CC1CC(c2ccc(-c3ccc(N4C[C@H](Cn5ccnn5)OC4=O)cc3F)cn2)=NO1)OCC. The molecule has 200 valence electrons. The Bertz CT molecular complexity index is 1260. The van der Waals surface area contributed by atoms with Crippen molar-refractivity contribution in [3.63, 3.8) is 0 Å². The van der Waals surface area contributed by atoms with Crippen molar-refractivity contribution in [2.75, 3.05) is 24.7 Å². The van der Waals surface area contributed by atoms with Crippen LogP contribution in [-0.4, -0.2) is 70.0 Å². The van der Waals surface area contributed by atoms with Gasteiger partial charge in [-0.2, -0.15) is 0 Å². The van der Waals surface area contributed by atoms with Gasteiger partial charge >= 0.3 is 6.09 Å². The summed E-state index contributed by atoms with van der Waals surface area (Å²) < 4.78 is 33.3. The highest BCUT2D eigenvalue weighted by atomic mass is 19.1. The molecule has 2 atom stereocenters. The van der Waals surface area contributed by atoms with Crippen molar-refractivity contribution < 1.29 is 28.2 Å². The highest BCUT2D eigenvalue weighted by molar-refractivity contribution is 5.99. The maximum Gasteiger partial charge on any atom is 0.414 e. The third kappa shape index (κ3) is 5.81. The van der Waals surface area contributed by atoms with E-state index >= 15 is 4.39 Å². The lowest BCUT2D eigenvalue weighted by Gasteiger charge is -2.19. The minimum atomic E-state index is -0.528. The smallest absolute Gasteiger partial charge is 0.414 e. The fraction of sp³-hybridized carbons (Fsp3) is 0.423. The number of pyridine rings is 1. The summed E-state index contributed by atoms with van der Waals surface area (Å²) in [6.45, 7) is 5.61. The summed E-state index contributed by atoms with van der Waals surface area (Å²) in [7, 11) is 0. The van der Waals surface area contributed by atoms with Gasteiger partial charge in [0.25, 0.3) is 0 Å². The van der Waals surface area contributed by atoms with Crippen molar-refractivity contribution in [3.05, 3.63) is 60.4 Å². The topological polar surface area (TPSA) is 113 Å². The number of carbonyl (C=O) groups excluding carboxylic acids is 1. The zero-order valence-electron chi connectivity index (χ0n) is 21.2. The fourth-order valence-electron chi connectivity index (χ4n) is 4.47. The molecule has 38 heavy (non-hydrogen) atoms. The standard InChI is InChI=1S/C26H29FN6O5/c1-3-35-25(36-4-2)13-19-12-24(30-38-19)23-8-5-17(14-28-23)21-7-6-18(11-22(21)27)33-16-20(37-26(33)34)15-32-10-9-29-31-32/h5-11,14,19-20,25H,3-4,12-13,15-16H2,1-2H3/t19?,20-/m0/s1. The first-order valence-electron chi connectivity index (χ1n) is 12.6. The summed E-state index contributed by atoms with van der Waals surface area (Å²) in [6, 6.07) is 8.24. The van der Waals surface area contributed by atoms with Crippen molar-refractivity contribution in [3.8, 4) is 11.1 Å². The number of benzene rings is 1. The van der Waals surface area contributed by atoms with Gasteiger partial charge in [-0.25, -0.2) is 13.9 Å². The first kappa shape index (κ1) is 25.7. The second-order valence-corrected chi connectivity index (χ2v) is 8.88. The summed E-state index contributed by atoms with van der Waals surface area (Å²) in [4.78, 5) is 23.8. The summed E-state index contributed by atoms with van der Waals surface area (Å²) in [6.07, 6.45) is 4.56. The van der Waals surface area contributed by atoms with Crippen LogP contribution in [0.1, 0.15) is 32.4 Å². The molecule has 0 saturated carbocycles. The van der Waals surface area contributed by atoms with Gasteiger partial charge < -0.3 is 19.0 Å². The Balaban J connectivity index is 1.21. The van der Waals surface area contributed by atoms with Crippen molar-refractivity contribution in [2.45, 2.75) is 51.7 Å². The molecule has 2 aromatic heterocycles. The quantitative estimate of drug-likeness (QED) is 0.348. The van der Waals surface area contributed by atoms with Gasteiger partial charge in [-0.05, 0) is 38.1 Å². The van der Waals surface area contributed by atoms with E-state index in [-0.39, 0.29) is 18.9 Å². The van der Waals surface area contributed by atoms with Crippen LogP contribution in [0.2, 0.25) is 0 Å². The van der Waals surface area contributed by atoms with Crippen molar-refractivity contribution in [1.82, 2.24) is 20.0 Å². The molecular weight excluding hydrogens is 495 g/mol. The van der Waals surface area contributed by atoms with Crippen LogP contribution in [0.15, 0.2) is 54.1 Å². The minimum Gasteiger partial charge on any atom is -0.442 e. The zero-order chi connectivity index (χ0) is 26.5. The van der Waals surface area contributed by atoms with E-state index in [1.54, 1.807) is 47.5 Å². The van der Waals surface area contributed by atoms with Crippen LogP contribution in [0.25, 0.3) is 11.1 Å². The molecule has 3 aromatic rings. The first-order chi connectivity index (χ1) is 18.5. The maximum atomic E-state index is 15.1. The Morgan fingerprint density at radius 1 is 1.16 bits per heavy atom. The molecule has 2 aliphatic heterocycles. The summed E-state index contributed by atoms with van der Waals surface area (Å²) in [5, 5.41) is 11.8. The van der Waals surface area contributed by atoms with E-state index in [1.165, 1.54) is 11.0 Å². The van der Waals surface area contributed by atoms with Crippen LogP contribution >= 0.6 is 0 Å². The number of hydrogen-bond acceptors (Lipinski definition) is 9. The number of anilines is 1. The van der Waals surface area contributed by atoms with Crippen molar-refractivity contribution in [2.24, 2.45) is 5.16 Å². The van der Waals surface area contributed by atoms with E-state index in [0.717, 1.165) is 5.71 Å². The molecule has 1 aromatic carbocycles. The molecule has 0 aliphatic carbocycles. The van der Waals surface area contributed by atoms with Gasteiger partial charge in [0.05, 0.1) is 30.7 Å². The Kier molecular flexibility index (Phi) is 7.89. The van der Waals surface area contributed by atoms with E-state index in [2.05, 4.69) is 20.5 Å². The number of amides is 1. The number of ether oxygens (including phenoxy) is 3. The molecule has 1 saturated heterocycles. The number of carbonyl (C=O) groups is 1. The molecular formula is C26H29FN6O5. The van der Waals surface area contributed by atoms with Gasteiger partial charge in [-0.3, -0.25) is 9.88 Å². The van der Waals surface area contributed by atoms with Gasteiger partial charge in [0.15, 0.2) is 6.29 Å². The molecule has 5 rings (SSSR count). The van der Waals surface area contributed by atoms with E-state index in [1.807, 2.05) is 13.8 Å². The molecule has 4 heterocycles. The molecule has 2 aliphatic rings. The first-order valence-corrected chi connectivity index (χ1v) is 12.6. The molecule has 0 N–H and O–H groups in total. The van der Waals surface area contributed by atoms with Gasteiger partial charge in [0, 0.05) is 49.6 Å². The Morgan fingerprint density at radius 3 is 2.68 bits per heavy atom. The normalized spacial score (nSPS) is 19.1. The van der Waals surface area contributed by atoms with E-state index in [0.29, 0.717) is 55.1 Å². The molecule has 1 unspecified atom stereocenters. The highest BCUT2D eigenvalue weighted by Crippen LogP contribution is 2.30. The molecule has 1 amide bonds. The fourth-order valence-corrected chi connectivity index (χ4v) is 4.47. The second kappa shape index (κ2) is 11.7. The molecule has 12 heteroatoms. The lowest BCUT2D eigenvalue weighted by atomic mass is 10.0. The van der Waals surface area contributed by atoms with Crippen molar-refractivity contribution >= 4 is 17.5 Å². The van der Waals surface area contributed by atoms with Crippen LogP contribution in [0.4, 0.5) is 14.9 Å². The van der Waals surface area contributed by atoms with E-state index < -0.39 is 18.0 Å². The van der Waals surface area contributed by atoms with Crippen molar-refractivity contribution in [1.29, 1.82) is 0 Å². The van der Waals surface area contributed by atoms with Crippen LogP contribution < -0.4 is 4.90 Å². The lowest BCUT2D eigenvalue weighted by molar-refractivity contribution is -0.155. The largest absolute Gasteiger partial charge is 0.442 e. The highest BCUT2D eigenvalue weighted by Gasteiger charge is 2.33. The second-order valence-electron chi connectivity index (χ2n) is 8.88. The lowest BCUT2D eigenvalue weighted by Crippen LogP contribution is -2.26. The third-order valence-corrected chi connectivity index (χ3v) is 6.26. The number of rotatable bonds is 11. The Morgan fingerprint density at radius 2 is 2.00 bits per heavy atom. The predicted octanol–water partition coefficient (Wildman–Crippen LogP) is 3.79. The number of hydrogen-bond donors (Lipinski definition) is 0. The average Bonchev–Trinajstić information content (AvgIpc) is 3.67. The molecule has 0 spiro atoms. The number of cyclic esters (lactones) is 1. The zero-order valence-corrected chi connectivity index (χ0v) is 21.2. The third-order valence-electron chi connectivity index (χ3n) is 6.26. The Hall–Kier alpha value is -3.90. The number of nitrogens with zero attached hydrogens (tertiary/aromatic N) is 6. The molecule has 0 radical (unpaired) electrons. The van der Waals surface area contributed by atoms with Crippen LogP contribution in [0.3, 0.4) is 0 Å².